The van der Waals surface area contributed by atoms with Crippen molar-refractivity contribution >= 4 is 5.91 Å². The summed E-state index contributed by atoms with van der Waals surface area (Å²) in [7, 11) is 3.79. The summed E-state index contributed by atoms with van der Waals surface area (Å²) in [5, 5.41) is 0. The Bertz CT molecular complexity index is 513. The molecule has 1 saturated heterocycles. The first-order valence-electron chi connectivity index (χ1n) is 7.26. The Kier molecular flexibility index (Phi) is 5.65. The summed E-state index contributed by atoms with van der Waals surface area (Å²) in [5.74, 6) is 0.460. The Morgan fingerprint density at radius 3 is 3.00 bits per heavy atom. The fourth-order valence-corrected chi connectivity index (χ4v) is 2.62. The normalized spacial score (nSPS) is 18.7. The molecule has 0 N–H and O–H groups in total. The topological polar surface area (TPSA) is 45.7 Å². The van der Waals surface area contributed by atoms with Crippen LogP contribution >= 0.6 is 0 Å². The van der Waals surface area contributed by atoms with Crippen LogP contribution in [-0.2, 0) is 0 Å². The molecule has 0 saturated carbocycles. The highest BCUT2D eigenvalue weighted by molar-refractivity contribution is 5.92. The minimum atomic E-state index is -2.55. The SMILES string of the molecule is CN1CC[C@@H](CN(C)C(=O)c2cc(OCC(F)F)ccn2)C1. The van der Waals surface area contributed by atoms with E-state index in [4.69, 9.17) is 4.74 Å². The van der Waals surface area contributed by atoms with E-state index in [1.165, 1.54) is 18.3 Å². The number of rotatable bonds is 6. The van der Waals surface area contributed by atoms with Crippen molar-refractivity contribution in [3.8, 4) is 5.75 Å². The Hall–Kier alpha value is -1.76. The van der Waals surface area contributed by atoms with Gasteiger partial charge in [-0.1, -0.05) is 0 Å². The fourth-order valence-electron chi connectivity index (χ4n) is 2.62. The van der Waals surface area contributed by atoms with Gasteiger partial charge in [0.25, 0.3) is 12.3 Å². The number of likely N-dealkylation sites (tertiary alicyclic amines) is 1. The number of hydrogen-bond donors (Lipinski definition) is 0. The molecule has 0 unspecified atom stereocenters. The van der Waals surface area contributed by atoms with E-state index >= 15 is 0 Å². The van der Waals surface area contributed by atoms with E-state index in [1.807, 2.05) is 0 Å². The van der Waals surface area contributed by atoms with Crippen LogP contribution in [0.25, 0.3) is 0 Å². The molecule has 5 nitrogen and oxygen atoms in total. The molecule has 122 valence electrons. The Labute approximate surface area is 128 Å². The second kappa shape index (κ2) is 7.49. The molecule has 1 aromatic rings. The largest absolute Gasteiger partial charge is 0.488 e. The van der Waals surface area contributed by atoms with Crippen molar-refractivity contribution in [1.29, 1.82) is 0 Å². The van der Waals surface area contributed by atoms with Gasteiger partial charge in [0.2, 0.25) is 0 Å². The number of amides is 1. The van der Waals surface area contributed by atoms with Gasteiger partial charge in [0.05, 0.1) is 0 Å². The van der Waals surface area contributed by atoms with Crippen LogP contribution in [0.15, 0.2) is 18.3 Å². The summed E-state index contributed by atoms with van der Waals surface area (Å²) < 4.78 is 29.2. The third-order valence-corrected chi connectivity index (χ3v) is 3.69. The quantitative estimate of drug-likeness (QED) is 0.803. The number of halogens is 2. The summed E-state index contributed by atoms with van der Waals surface area (Å²) >= 11 is 0. The van der Waals surface area contributed by atoms with Gasteiger partial charge in [-0.15, -0.1) is 0 Å². The number of alkyl halides is 2. The molecule has 0 aromatic carbocycles. The first-order valence-corrected chi connectivity index (χ1v) is 7.26. The molecule has 0 spiro atoms. The number of carbonyl (C=O) groups is 1. The number of aromatic nitrogens is 1. The van der Waals surface area contributed by atoms with Gasteiger partial charge in [-0.25, -0.2) is 8.78 Å². The minimum absolute atomic E-state index is 0.209. The van der Waals surface area contributed by atoms with Crippen molar-refractivity contribution < 1.29 is 18.3 Å². The molecule has 1 atom stereocenters. The summed E-state index contributed by atoms with van der Waals surface area (Å²) in [4.78, 5) is 20.2. The first kappa shape index (κ1) is 16.6. The molecule has 0 radical (unpaired) electrons. The van der Waals surface area contributed by atoms with E-state index in [1.54, 1.807) is 11.9 Å². The summed E-state index contributed by atoms with van der Waals surface area (Å²) in [6.07, 6.45) is -0.0843. The van der Waals surface area contributed by atoms with Crippen molar-refractivity contribution in [2.75, 3.05) is 40.3 Å². The summed E-state index contributed by atoms with van der Waals surface area (Å²) in [6.45, 7) is 1.99. The van der Waals surface area contributed by atoms with Crippen molar-refractivity contribution in [3.05, 3.63) is 24.0 Å². The number of carbonyl (C=O) groups excluding carboxylic acids is 1. The maximum atomic E-state index is 12.4. The fraction of sp³-hybridized carbons (Fsp3) is 0.600. The Morgan fingerprint density at radius 2 is 2.36 bits per heavy atom. The minimum Gasteiger partial charge on any atom is -0.488 e. The van der Waals surface area contributed by atoms with Gasteiger partial charge >= 0.3 is 0 Å². The van der Waals surface area contributed by atoms with E-state index < -0.39 is 13.0 Å². The monoisotopic (exact) mass is 313 g/mol. The van der Waals surface area contributed by atoms with Crippen LogP contribution in [0.3, 0.4) is 0 Å². The number of hydrogen-bond acceptors (Lipinski definition) is 4. The molecular weight excluding hydrogens is 292 g/mol. The number of ether oxygens (including phenoxy) is 1. The third-order valence-electron chi connectivity index (χ3n) is 3.69. The second-order valence-corrected chi connectivity index (χ2v) is 5.68. The zero-order chi connectivity index (χ0) is 16.1. The molecule has 0 aliphatic carbocycles. The van der Waals surface area contributed by atoms with E-state index in [0.29, 0.717) is 12.5 Å². The molecule has 2 rings (SSSR count). The average molecular weight is 313 g/mol. The van der Waals surface area contributed by atoms with Crippen molar-refractivity contribution in [2.24, 2.45) is 5.92 Å². The van der Waals surface area contributed by atoms with Gasteiger partial charge in [0, 0.05) is 32.4 Å². The zero-order valence-corrected chi connectivity index (χ0v) is 12.8. The predicted molar refractivity (Wildman–Crippen MR) is 78.3 cm³/mol. The highest BCUT2D eigenvalue weighted by atomic mass is 19.3. The van der Waals surface area contributed by atoms with Crippen LogP contribution in [0.2, 0.25) is 0 Å². The van der Waals surface area contributed by atoms with E-state index in [0.717, 1.165) is 19.5 Å². The van der Waals surface area contributed by atoms with Crippen LogP contribution in [0.4, 0.5) is 8.78 Å². The van der Waals surface area contributed by atoms with Gasteiger partial charge in [-0.2, -0.15) is 0 Å². The van der Waals surface area contributed by atoms with Gasteiger partial charge in [0.15, 0.2) is 0 Å². The highest BCUT2D eigenvalue weighted by Crippen LogP contribution is 2.17. The van der Waals surface area contributed by atoms with Gasteiger partial charge < -0.3 is 14.5 Å². The summed E-state index contributed by atoms with van der Waals surface area (Å²) in [6, 6.07) is 2.87. The van der Waals surface area contributed by atoms with Gasteiger partial charge in [-0.05, 0) is 32.0 Å². The highest BCUT2D eigenvalue weighted by Gasteiger charge is 2.23. The predicted octanol–water partition coefficient (Wildman–Crippen LogP) is 1.75. The van der Waals surface area contributed by atoms with Gasteiger partial charge in [0.1, 0.15) is 18.1 Å². The number of pyridine rings is 1. The van der Waals surface area contributed by atoms with E-state index in [9.17, 15) is 13.6 Å². The molecule has 2 heterocycles. The number of nitrogens with zero attached hydrogens (tertiary/aromatic N) is 3. The molecular formula is C15H21F2N3O2. The molecule has 1 amide bonds. The zero-order valence-electron chi connectivity index (χ0n) is 12.8. The molecule has 1 aromatic heterocycles. The smallest absolute Gasteiger partial charge is 0.272 e. The van der Waals surface area contributed by atoms with Crippen LogP contribution in [0.5, 0.6) is 5.75 Å². The van der Waals surface area contributed by atoms with Crippen molar-refractivity contribution in [2.45, 2.75) is 12.8 Å². The second-order valence-electron chi connectivity index (χ2n) is 5.68. The van der Waals surface area contributed by atoms with Crippen LogP contribution in [0.1, 0.15) is 16.9 Å². The molecule has 0 bridgehead atoms. The Balaban J connectivity index is 1.94. The maximum Gasteiger partial charge on any atom is 0.272 e. The third kappa shape index (κ3) is 4.62. The lowest BCUT2D eigenvalue weighted by Gasteiger charge is -2.21. The first-order chi connectivity index (χ1) is 10.5. The van der Waals surface area contributed by atoms with E-state index in [2.05, 4.69) is 16.9 Å². The average Bonchev–Trinajstić information content (AvgIpc) is 2.89. The van der Waals surface area contributed by atoms with Crippen molar-refractivity contribution in [3.63, 3.8) is 0 Å². The Morgan fingerprint density at radius 1 is 1.59 bits per heavy atom. The van der Waals surface area contributed by atoms with Gasteiger partial charge in [-0.3, -0.25) is 9.78 Å². The van der Waals surface area contributed by atoms with Crippen molar-refractivity contribution in [1.82, 2.24) is 14.8 Å². The van der Waals surface area contributed by atoms with Crippen LogP contribution in [-0.4, -0.2) is 67.5 Å². The molecule has 1 fully saturated rings. The van der Waals surface area contributed by atoms with E-state index in [-0.39, 0.29) is 17.4 Å². The standard InChI is InChI=1S/C15H21F2N3O2/c1-19-6-4-11(8-19)9-20(2)15(21)13-7-12(3-5-18-13)22-10-14(16)17/h3,5,7,11,14H,4,6,8-10H2,1-2H3/t11-/m1/s1. The molecule has 7 heteroatoms. The molecule has 22 heavy (non-hydrogen) atoms. The lowest BCUT2D eigenvalue weighted by atomic mass is 10.1. The van der Waals surface area contributed by atoms with Crippen LogP contribution in [0, 0.1) is 5.92 Å². The summed E-state index contributed by atoms with van der Waals surface area (Å²) in [5.41, 5.74) is 0.209. The lowest BCUT2D eigenvalue weighted by molar-refractivity contribution is 0.0763. The lowest BCUT2D eigenvalue weighted by Crippen LogP contribution is -2.33. The maximum absolute atomic E-state index is 12.4. The molecule has 1 aliphatic heterocycles. The van der Waals surface area contributed by atoms with Crippen LogP contribution < -0.4 is 4.74 Å². The molecule has 1 aliphatic rings.